The Balaban J connectivity index is 1.32. The van der Waals surface area contributed by atoms with Gasteiger partial charge in [-0.2, -0.15) is 0 Å². The highest BCUT2D eigenvalue weighted by Crippen LogP contribution is 2.31. The van der Waals surface area contributed by atoms with Crippen LogP contribution in [0.1, 0.15) is 15.9 Å². The molecule has 4 rings (SSSR count). The summed E-state index contributed by atoms with van der Waals surface area (Å²) in [5.41, 5.74) is 1.74. The lowest BCUT2D eigenvalue weighted by molar-refractivity contribution is -0.122. The Labute approximate surface area is 179 Å². The van der Waals surface area contributed by atoms with E-state index >= 15 is 0 Å². The van der Waals surface area contributed by atoms with E-state index in [2.05, 4.69) is 20.8 Å². The highest BCUT2D eigenvalue weighted by Gasteiger charge is 2.34. The maximum Gasteiger partial charge on any atom is 0.293 e. The topological polar surface area (TPSA) is 110 Å². The number of amides is 3. The smallest absolute Gasteiger partial charge is 0.293 e. The second-order valence-electron chi connectivity index (χ2n) is 6.44. The lowest BCUT2D eigenvalue weighted by atomic mass is 10.2. The van der Waals surface area contributed by atoms with Gasteiger partial charge in [0, 0.05) is 18.7 Å². The SMILES string of the molecule is O=C(NCCN1C(=O)S/C(=C/c2ccc(F)cc2)C1=O)c1ccc(-n2cnnn2)cc1. The molecular weight excluding hydrogens is 423 g/mol. The Morgan fingerprint density at radius 2 is 1.84 bits per heavy atom. The molecule has 156 valence electrons. The second-order valence-corrected chi connectivity index (χ2v) is 7.44. The van der Waals surface area contributed by atoms with Crippen molar-refractivity contribution in [2.75, 3.05) is 13.1 Å². The van der Waals surface area contributed by atoms with E-state index in [1.165, 1.54) is 41.4 Å². The van der Waals surface area contributed by atoms with Gasteiger partial charge in [-0.3, -0.25) is 19.3 Å². The van der Waals surface area contributed by atoms with E-state index in [1.54, 1.807) is 24.3 Å². The molecule has 0 aliphatic carbocycles. The Kier molecular flexibility index (Phi) is 5.85. The number of carbonyl (C=O) groups is 3. The van der Waals surface area contributed by atoms with Crippen molar-refractivity contribution >= 4 is 34.9 Å². The van der Waals surface area contributed by atoms with Crippen molar-refractivity contribution < 1.29 is 18.8 Å². The van der Waals surface area contributed by atoms with Crippen LogP contribution in [0.25, 0.3) is 11.8 Å². The summed E-state index contributed by atoms with van der Waals surface area (Å²) in [4.78, 5) is 38.3. The van der Waals surface area contributed by atoms with Gasteiger partial charge in [-0.15, -0.1) is 5.10 Å². The zero-order chi connectivity index (χ0) is 21.8. The Bertz CT molecular complexity index is 1150. The molecule has 3 aromatic rings. The van der Waals surface area contributed by atoms with Crippen molar-refractivity contribution in [1.29, 1.82) is 0 Å². The van der Waals surface area contributed by atoms with Crippen molar-refractivity contribution in [2.45, 2.75) is 0 Å². The minimum atomic E-state index is -0.445. The van der Waals surface area contributed by atoms with Gasteiger partial charge in [0.05, 0.1) is 10.6 Å². The van der Waals surface area contributed by atoms with Crippen LogP contribution in [0.3, 0.4) is 0 Å². The molecule has 9 nitrogen and oxygen atoms in total. The average Bonchev–Trinajstić information content (AvgIpc) is 3.40. The third kappa shape index (κ3) is 4.67. The van der Waals surface area contributed by atoms with Gasteiger partial charge < -0.3 is 5.32 Å². The molecule has 3 amide bonds. The highest BCUT2D eigenvalue weighted by atomic mass is 32.2. The van der Waals surface area contributed by atoms with E-state index < -0.39 is 11.1 Å². The Morgan fingerprint density at radius 1 is 1.10 bits per heavy atom. The normalized spacial score (nSPS) is 15.0. The first-order chi connectivity index (χ1) is 15.0. The van der Waals surface area contributed by atoms with Gasteiger partial charge >= 0.3 is 0 Å². The number of halogens is 1. The number of carbonyl (C=O) groups excluding carboxylic acids is 3. The first-order valence-electron chi connectivity index (χ1n) is 9.14. The molecule has 0 unspecified atom stereocenters. The largest absolute Gasteiger partial charge is 0.350 e. The van der Waals surface area contributed by atoms with Crippen LogP contribution < -0.4 is 5.32 Å². The molecule has 2 heterocycles. The zero-order valence-corrected chi connectivity index (χ0v) is 16.8. The monoisotopic (exact) mass is 438 g/mol. The first-order valence-corrected chi connectivity index (χ1v) is 9.95. The fourth-order valence-electron chi connectivity index (χ4n) is 2.83. The predicted molar refractivity (Wildman–Crippen MR) is 111 cm³/mol. The number of aromatic nitrogens is 4. The summed E-state index contributed by atoms with van der Waals surface area (Å²) in [6, 6.07) is 12.2. The molecule has 0 radical (unpaired) electrons. The average molecular weight is 438 g/mol. The van der Waals surface area contributed by atoms with Crippen LogP contribution >= 0.6 is 11.8 Å². The maximum absolute atomic E-state index is 13.0. The molecule has 1 saturated heterocycles. The van der Waals surface area contributed by atoms with Gasteiger partial charge in [-0.1, -0.05) is 12.1 Å². The summed E-state index contributed by atoms with van der Waals surface area (Å²) in [7, 11) is 0. The third-order valence-corrected chi connectivity index (χ3v) is 5.31. The van der Waals surface area contributed by atoms with E-state index in [0.29, 0.717) is 16.8 Å². The summed E-state index contributed by atoms with van der Waals surface area (Å²) in [5.74, 6) is -1.16. The van der Waals surface area contributed by atoms with Crippen molar-refractivity contribution in [2.24, 2.45) is 0 Å². The number of nitrogens with zero attached hydrogens (tertiary/aromatic N) is 5. The van der Waals surface area contributed by atoms with Crippen molar-refractivity contribution in [3.05, 3.63) is 76.7 Å². The quantitative estimate of drug-likeness (QED) is 0.588. The molecule has 11 heteroatoms. The Morgan fingerprint density at radius 3 is 2.52 bits per heavy atom. The first kappa shape index (κ1) is 20.4. The molecule has 1 aromatic heterocycles. The Hall–Kier alpha value is -3.86. The molecule has 0 spiro atoms. The van der Waals surface area contributed by atoms with Gasteiger partial charge in [0.1, 0.15) is 12.1 Å². The lowest BCUT2D eigenvalue weighted by Crippen LogP contribution is -2.37. The van der Waals surface area contributed by atoms with Crippen LogP contribution in [0.4, 0.5) is 9.18 Å². The number of imide groups is 1. The van der Waals surface area contributed by atoms with Crippen LogP contribution in [-0.4, -0.2) is 55.3 Å². The molecular formula is C20H15FN6O3S. The van der Waals surface area contributed by atoms with Crippen molar-refractivity contribution in [1.82, 2.24) is 30.4 Å². The lowest BCUT2D eigenvalue weighted by Gasteiger charge is -2.13. The molecule has 1 aliphatic heterocycles. The number of benzene rings is 2. The summed E-state index contributed by atoms with van der Waals surface area (Å²) in [5, 5.41) is 13.1. The summed E-state index contributed by atoms with van der Waals surface area (Å²) < 4.78 is 14.5. The summed E-state index contributed by atoms with van der Waals surface area (Å²) in [6.45, 7) is 0.148. The van der Waals surface area contributed by atoms with E-state index in [-0.39, 0.29) is 29.7 Å². The van der Waals surface area contributed by atoms with Crippen LogP contribution in [0, 0.1) is 5.82 Å². The van der Waals surface area contributed by atoms with Crippen LogP contribution in [0.15, 0.2) is 59.8 Å². The van der Waals surface area contributed by atoms with Gasteiger partial charge in [0.25, 0.3) is 17.1 Å². The van der Waals surface area contributed by atoms with Crippen LogP contribution in [0.5, 0.6) is 0 Å². The van der Waals surface area contributed by atoms with Gasteiger partial charge in [0.2, 0.25) is 0 Å². The number of hydrogen-bond acceptors (Lipinski definition) is 7. The van der Waals surface area contributed by atoms with E-state index in [4.69, 9.17) is 0 Å². The zero-order valence-electron chi connectivity index (χ0n) is 15.9. The number of nitrogens with one attached hydrogen (secondary N) is 1. The maximum atomic E-state index is 13.0. The molecule has 0 saturated carbocycles. The van der Waals surface area contributed by atoms with E-state index in [9.17, 15) is 18.8 Å². The van der Waals surface area contributed by atoms with Crippen LogP contribution in [-0.2, 0) is 4.79 Å². The summed E-state index contributed by atoms with van der Waals surface area (Å²) >= 11 is 0.810. The van der Waals surface area contributed by atoms with Crippen LogP contribution in [0.2, 0.25) is 0 Å². The second kappa shape index (κ2) is 8.88. The van der Waals surface area contributed by atoms with Crippen molar-refractivity contribution in [3.8, 4) is 5.69 Å². The fourth-order valence-corrected chi connectivity index (χ4v) is 3.70. The van der Waals surface area contributed by atoms with Gasteiger partial charge in [-0.25, -0.2) is 9.07 Å². The minimum absolute atomic E-state index is 0.0415. The van der Waals surface area contributed by atoms with Crippen molar-refractivity contribution in [3.63, 3.8) is 0 Å². The number of tetrazole rings is 1. The molecule has 0 bridgehead atoms. The molecule has 1 fully saturated rings. The molecule has 0 atom stereocenters. The molecule has 2 aromatic carbocycles. The highest BCUT2D eigenvalue weighted by molar-refractivity contribution is 8.18. The standard InChI is InChI=1S/C20H15FN6O3S/c21-15-5-1-13(2-6-15)11-17-19(29)26(20(30)31-17)10-9-22-18(28)14-3-7-16(8-4-14)27-12-23-24-25-27/h1-8,11-12H,9-10H2,(H,22,28)/b17-11+. The van der Waals surface area contributed by atoms with Gasteiger partial charge in [-0.05, 0) is 70.2 Å². The summed E-state index contributed by atoms with van der Waals surface area (Å²) in [6.07, 6.45) is 2.98. The third-order valence-electron chi connectivity index (χ3n) is 4.41. The number of hydrogen-bond donors (Lipinski definition) is 1. The molecule has 1 N–H and O–H groups in total. The number of thioether (sulfide) groups is 1. The molecule has 1 aliphatic rings. The van der Waals surface area contributed by atoms with Gasteiger partial charge in [0.15, 0.2) is 0 Å². The predicted octanol–water partition coefficient (Wildman–Crippen LogP) is 2.27. The van der Waals surface area contributed by atoms with E-state index in [1.807, 2.05) is 0 Å². The molecule has 31 heavy (non-hydrogen) atoms. The van der Waals surface area contributed by atoms with E-state index in [0.717, 1.165) is 16.7 Å². The fraction of sp³-hybridized carbons (Fsp3) is 0.100. The number of rotatable bonds is 6. The minimum Gasteiger partial charge on any atom is -0.350 e.